The van der Waals surface area contributed by atoms with Gasteiger partial charge in [0.25, 0.3) is 5.91 Å². The van der Waals surface area contributed by atoms with E-state index in [0.29, 0.717) is 23.7 Å². The van der Waals surface area contributed by atoms with Gasteiger partial charge in [0.05, 0.1) is 20.0 Å². The van der Waals surface area contributed by atoms with Crippen LogP contribution in [-0.2, 0) is 15.3 Å². The van der Waals surface area contributed by atoms with E-state index in [1.54, 1.807) is 26.8 Å². The number of rotatable bonds is 3. The molecule has 1 amide bonds. The van der Waals surface area contributed by atoms with Crippen molar-refractivity contribution in [2.45, 2.75) is 42.7 Å². The molecule has 1 aromatic heterocycles. The third-order valence-electron chi connectivity index (χ3n) is 6.12. The number of pyridine rings is 1. The summed E-state index contributed by atoms with van der Waals surface area (Å²) in [5.74, 6) is -0.803. The lowest BCUT2D eigenvalue weighted by atomic mass is 9.85. The van der Waals surface area contributed by atoms with Gasteiger partial charge in [0.2, 0.25) is 0 Å². The van der Waals surface area contributed by atoms with Gasteiger partial charge in [-0.05, 0) is 57.5 Å². The lowest BCUT2D eigenvalue weighted by Crippen LogP contribution is -2.58. The average Bonchev–Trinajstić information content (AvgIpc) is 3.13. The Morgan fingerprint density at radius 1 is 1.29 bits per heavy atom. The first-order valence-corrected chi connectivity index (χ1v) is 11.7. The van der Waals surface area contributed by atoms with Crippen LogP contribution in [0.4, 0.5) is 10.1 Å². The van der Waals surface area contributed by atoms with Crippen molar-refractivity contribution in [3.05, 3.63) is 58.6 Å². The number of nitrogens with two attached hydrogens (primary N) is 1. The predicted octanol–water partition coefficient (Wildman–Crippen LogP) is 3.73. The van der Waals surface area contributed by atoms with Gasteiger partial charge in [-0.15, -0.1) is 0 Å². The van der Waals surface area contributed by atoms with Gasteiger partial charge in [0.15, 0.2) is 0 Å². The molecule has 2 aromatic rings. The minimum Gasteiger partial charge on any atom is -0.386 e. The molecule has 0 aliphatic carbocycles. The van der Waals surface area contributed by atoms with Crippen LogP contribution in [0.3, 0.4) is 0 Å². The lowest BCUT2D eigenvalue weighted by Gasteiger charge is -2.44. The maximum Gasteiger partial charge on any atom is 0.274 e. The zero-order chi connectivity index (χ0) is 22.6. The Morgan fingerprint density at radius 2 is 2.03 bits per heavy atom. The van der Waals surface area contributed by atoms with Crippen LogP contribution >= 0.6 is 11.6 Å². The number of hydrogen-bond donors (Lipinski definition) is 2. The molecule has 3 atom stereocenters. The summed E-state index contributed by atoms with van der Waals surface area (Å²) in [5.41, 5.74) is 5.78. The molecule has 0 saturated carbocycles. The van der Waals surface area contributed by atoms with Crippen molar-refractivity contribution < 1.29 is 13.4 Å². The number of benzene rings is 1. The highest BCUT2D eigenvalue weighted by Crippen LogP contribution is 2.48. The van der Waals surface area contributed by atoms with Gasteiger partial charge < -0.3 is 11.1 Å². The largest absolute Gasteiger partial charge is 0.386 e. The fourth-order valence-corrected chi connectivity index (χ4v) is 7.48. The second-order valence-electron chi connectivity index (χ2n) is 8.36. The van der Waals surface area contributed by atoms with Crippen LogP contribution in [0, 0.1) is 5.82 Å². The van der Waals surface area contributed by atoms with Gasteiger partial charge in [-0.25, -0.2) is 17.9 Å². The molecular formula is C21H23ClFN5O2S. The van der Waals surface area contributed by atoms with Crippen molar-refractivity contribution in [2.75, 3.05) is 11.9 Å². The maximum atomic E-state index is 15.0. The molecule has 4 rings (SSSR count). The SMILES string of the molecule is CC1(C)C(N)=N[C@](C)(c2cc(NC(=O)c3ccc(Cl)cn3)ccc2F)[C@@H]2CCN=S21=O. The highest BCUT2D eigenvalue weighted by Gasteiger charge is 2.56. The third kappa shape index (κ3) is 3.30. The highest BCUT2D eigenvalue weighted by molar-refractivity contribution is 7.96. The number of aliphatic imine (C=N–C) groups is 1. The summed E-state index contributed by atoms with van der Waals surface area (Å²) in [6, 6.07) is 7.27. The molecule has 3 heterocycles. The standard InChI is InChI=1S/C21H23ClFN5O2S/c1-20(2)19(24)28-21(3,17-8-9-26-31(17,20)30)14-10-13(5-6-15(14)23)27-18(29)16-7-4-12(22)11-25-16/h4-7,10-11,17H,8-9H2,1-3H3,(H2,24,28)(H,27,29)/t17-,21+,31?/m0/s1. The fourth-order valence-electron chi connectivity index (χ4n) is 4.20. The number of nitrogens with one attached hydrogen (secondary N) is 1. The van der Waals surface area contributed by atoms with E-state index in [2.05, 4.69) is 19.7 Å². The number of carbonyl (C=O) groups is 1. The van der Waals surface area contributed by atoms with Gasteiger partial charge in [-0.1, -0.05) is 11.6 Å². The first-order chi connectivity index (χ1) is 14.5. The van der Waals surface area contributed by atoms with Gasteiger partial charge >= 0.3 is 0 Å². The van der Waals surface area contributed by atoms with E-state index in [1.165, 1.54) is 30.5 Å². The number of carbonyl (C=O) groups excluding carboxylic acids is 1. The Hall–Kier alpha value is -2.52. The second-order valence-corrected chi connectivity index (χ2v) is 11.8. The molecule has 2 aliphatic heterocycles. The van der Waals surface area contributed by atoms with E-state index in [0.717, 1.165) is 0 Å². The van der Waals surface area contributed by atoms with Gasteiger partial charge in [-0.2, -0.15) is 0 Å². The molecule has 0 saturated heterocycles. The molecule has 0 bridgehead atoms. The Morgan fingerprint density at radius 3 is 2.71 bits per heavy atom. The molecule has 2 aliphatic rings. The Labute approximate surface area is 185 Å². The van der Waals surface area contributed by atoms with Crippen molar-refractivity contribution in [2.24, 2.45) is 15.1 Å². The molecule has 164 valence electrons. The number of amides is 1. The van der Waals surface area contributed by atoms with Crippen LogP contribution < -0.4 is 11.1 Å². The first kappa shape index (κ1) is 21.7. The van der Waals surface area contributed by atoms with Gasteiger partial charge in [0, 0.05) is 24.0 Å². The number of halogens is 2. The number of anilines is 1. The van der Waals surface area contributed by atoms with Crippen LogP contribution in [0.5, 0.6) is 0 Å². The molecule has 0 fully saturated rings. The van der Waals surface area contributed by atoms with E-state index in [-0.39, 0.29) is 17.1 Å². The number of fused-ring (bicyclic) bond motifs is 1. The molecular weight excluding hydrogens is 441 g/mol. The van der Waals surface area contributed by atoms with Crippen molar-refractivity contribution in [1.82, 2.24) is 4.98 Å². The third-order valence-corrected chi connectivity index (χ3v) is 10.0. The summed E-state index contributed by atoms with van der Waals surface area (Å²) in [6.07, 6.45) is 1.88. The molecule has 1 unspecified atom stereocenters. The predicted molar refractivity (Wildman–Crippen MR) is 120 cm³/mol. The summed E-state index contributed by atoms with van der Waals surface area (Å²) < 4.78 is 32.4. The van der Waals surface area contributed by atoms with E-state index in [4.69, 9.17) is 17.3 Å². The van der Waals surface area contributed by atoms with E-state index in [1.807, 2.05) is 0 Å². The van der Waals surface area contributed by atoms with Crippen molar-refractivity contribution >= 4 is 38.8 Å². The van der Waals surface area contributed by atoms with Crippen molar-refractivity contribution in [1.29, 1.82) is 0 Å². The molecule has 7 nitrogen and oxygen atoms in total. The monoisotopic (exact) mass is 463 g/mol. The van der Waals surface area contributed by atoms with Crippen LogP contribution in [0.1, 0.15) is 43.2 Å². The topological polar surface area (TPSA) is 110 Å². The average molecular weight is 464 g/mol. The summed E-state index contributed by atoms with van der Waals surface area (Å²) >= 11 is 5.81. The quantitative estimate of drug-likeness (QED) is 0.722. The van der Waals surface area contributed by atoms with E-state index >= 15 is 4.39 Å². The molecule has 0 radical (unpaired) electrons. The number of hydrogen-bond acceptors (Lipinski definition) is 6. The molecule has 3 N–H and O–H groups in total. The normalized spacial score (nSPS) is 28.9. The summed E-state index contributed by atoms with van der Waals surface area (Å²) in [4.78, 5) is 21.2. The molecule has 1 aromatic carbocycles. The Kier molecular flexibility index (Phi) is 5.09. The minimum atomic E-state index is -2.79. The zero-order valence-electron chi connectivity index (χ0n) is 17.4. The Balaban J connectivity index is 1.76. The van der Waals surface area contributed by atoms with Crippen LogP contribution in [0.15, 0.2) is 45.9 Å². The van der Waals surface area contributed by atoms with Gasteiger partial charge in [0.1, 0.15) is 27.6 Å². The number of amidine groups is 1. The van der Waals surface area contributed by atoms with Gasteiger partial charge in [-0.3, -0.25) is 9.79 Å². The van der Waals surface area contributed by atoms with Crippen LogP contribution in [0.25, 0.3) is 0 Å². The highest BCUT2D eigenvalue weighted by atomic mass is 35.5. The lowest BCUT2D eigenvalue weighted by molar-refractivity contribution is 0.102. The minimum absolute atomic E-state index is 0.167. The first-order valence-electron chi connectivity index (χ1n) is 9.79. The van der Waals surface area contributed by atoms with Crippen molar-refractivity contribution in [3.8, 4) is 0 Å². The maximum absolute atomic E-state index is 15.0. The zero-order valence-corrected chi connectivity index (χ0v) is 18.9. The smallest absolute Gasteiger partial charge is 0.274 e. The number of aromatic nitrogens is 1. The number of nitrogens with zero attached hydrogens (tertiary/aromatic N) is 3. The molecule has 0 spiro atoms. The van der Waals surface area contributed by atoms with Crippen LogP contribution in [0.2, 0.25) is 5.02 Å². The van der Waals surface area contributed by atoms with Crippen molar-refractivity contribution in [3.63, 3.8) is 0 Å². The molecule has 10 heteroatoms. The Bertz CT molecular complexity index is 1220. The summed E-state index contributed by atoms with van der Waals surface area (Å²) in [5, 5.41) is 2.63. The second kappa shape index (κ2) is 7.27. The summed E-state index contributed by atoms with van der Waals surface area (Å²) in [7, 11) is -2.79. The van der Waals surface area contributed by atoms with E-state index in [9.17, 15) is 9.00 Å². The molecule has 31 heavy (non-hydrogen) atoms. The fraction of sp³-hybridized carbons (Fsp3) is 0.381. The van der Waals surface area contributed by atoms with Crippen LogP contribution in [-0.4, -0.2) is 37.5 Å². The van der Waals surface area contributed by atoms with E-state index < -0.39 is 37.0 Å². The summed E-state index contributed by atoms with van der Waals surface area (Å²) in [6.45, 7) is 5.67.